The molecule has 3 heteroatoms. The molecule has 0 saturated heterocycles. The summed E-state index contributed by atoms with van der Waals surface area (Å²) in [4.78, 5) is 0.444. The Morgan fingerprint density at radius 1 is 1.10 bits per heavy atom. The van der Waals surface area contributed by atoms with Crippen LogP contribution in [-0.4, -0.2) is 4.99 Å². The second kappa shape index (κ2) is 5.63. The number of hydrogen-bond acceptors (Lipinski definition) is 2. The lowest BCUT2D eigenvalue weighted by molar-refractivity contribution is 0.600. The van der Waals surface area contributed by atoms with Gasteiger partial charge in [-0.05, 0) is 54.7 Å². The maximum absolute atomic E-state index is 5.62. The van der Waals surface area contributed by atoms with Crippen LogP contribution >= 0.6 is 12.2 Å². The fourth-order valence-electron chi connectivity index (χ4n) is 2.84. The number of rotatable bonds is 3. The lowest BCUT2D eigenvalue weighted by Crippen LogP contribution is -2.17. The minimum absolute atomic E-state index is 0.399. The quantitative estimate of drug-likeness (QED) is 0.841. The lowest BCUT2D eigenvalue weighted by atomic mass is 9.87. The van der Waals surface area contributed by atoms with Crippen molar-refractivity contribution in [3.8, 4) is 0 Å². The molecular weight excluding hydrogens is 264 g/mol. The van der Waals surface area contributed by atoms with E-state index in [9.17, 15) is 0 Å². The molecule has 2 aromatic rings. The van der Waals surface area contributed by atoms with Gasteiger partial charge in [-0.3, -0.25) is 0 Å². The van der Waals surface area contributed by atoms with Gasteiger partial charge in [-0.15, -0.1) is 0 Å². The van der Waals surface area contributed by atoms with E-state index in [1.165, 1.54) is 30.4 Å². The van der Waals surface area contributed by atoms with Crippen molar-refractivity contribution in [1.29, 1.82) is 0 Å². The number of benzene rings is 2. The molecule has 0 heterocycles. The van der Waals surface area contributed by atoms with Gasteiger partial charge in [0.1, 0.15) is 4.99 Å². The first-order valence-corrected chi connectivity index (χ1v) is 7.39. The van der Waals surface area contributed by atoms with Crippen molar-refractivity contribution in [3.63, 3.8) is 0 Å². The van der Waals surface area contributed by atoms with Crippen LogP contribution < -0.4 is 11.1 Å². The van der Waals surface area contributed by atoms with Crippen molar-refractivity contribution in [2.24, 2.45) is 5.73 Å². The molecule has 0 fully saturated rings. The Morgan fingerprint density at radius 3 is 2.60 bits per heavy atom. The SMILES string of the molecule is NC(=S)c1ccc(NC2CCCc3ccccc32)cc1. The summed E-state index contributed by atoms with van der Waals surface area (Å²) in [5.74, 6) is 0. The first-order chi connectivity index (χ1) is 9.74. The van der Waals surface area contributed by atoms with E-state index >= 15 is 0 Å². The molecule has 0 aromatic heterocycles. The Labute approximate surface area is 125 Å². The molecule has 0 bridgehead atoms. The highest BCUT2D eigenvalue weighted by Crippen LogP contribution is 2.32. The molecule has 2 nitrogen and oxygen atoms in total. The van der Waals surface area contributed by atoms with E-state index in [-0.39, 0.29) is 0 Å². The van der Waals surface area contributed by atoms with E-state index < -0.39 is 0 Å². The molecule has 3 N–H and O–H groups in total. The average molecular weight is 282 g/mol. The van der Waals surface area contributed by atoms with Gasteiger partial charge in [0.15, 0.2) is 0 Å². The minimum Gasteiger partial charge on any atom is -0.389 e. The molecule has 102 valence electrons. The summed E-state index contributed by atoms with van der Waals surface area (Å²) in [6, 6.07) is 17.1. The Kier molecular flexibility index (Phi) is 3.70. The first kappa shape index (κ1) is 13.1. The van der Waals surface area contributed by atoms with Crippen molar-refractivity contribution in [2.45, 2.75) is 25.3 Å². The Bertz CT molecular complexity index is 619. The molecule has 1 aliphatic carbocycles. The van der Waals surface area contributed by atoms with Gasteiger partial charge in [-0.1, -0.05) is 36.5 Å². The van der Waals surface area contributed by atoms with E-state index in [0.29, 0.717) is 11.0 Å². The largest absolute Gasteiger partial charge is 0.389 e. The van der Waals surface area contributed by atoms with Crippen LogP contribution in [0, 0.1) is 0 Å². The van der Waals surface area contributed by atoms with Crippen LogP contribution in [0.5, 0.6) is 0 Å². The smallest absolute Gasteiger partial charge is 0.103 e. The topological polar surface area (TPSA) is 38.0 Å². The first-order valence-electron chi connectivity index (χ1n) is 6.98. The Hall–Kier alpha value is -1.87. The van der Waals surface area contributed by atoms with Gasteiger partial charge < -0.3 is 11.1 Å². The monoisotopic (exact) mass is 282 g/mol. The van der Waals surface area contributed by atoms with E-state index in [1.807, 2.05) is 24.3 Å². The second-order valence-corrected chi connectivity index (χ2v) is 5.67. The number of hydrogen-bond donors (Lipinski definition) is 2. The Balaban J connectivity index is 1.80. The maximum atomic E-state index is 5.62. The van der Waals surface area contributed by atoms with Crippen LogP contribution in [-0.2, 0) is 6.42 Å². The van der Waals surface area contributed by atoms with Gasteiger partial charge in [-0.25, -0.2) is 0 Å². The van der Waals surface area contributed by atoms with Gasteiger partial charge in [0.05, 0.1) is 6.04 Å². The van der Waals surface area contributed by atoms with Gasteiger partial charge in [0.25, 0.3) is 0 Å². The number of thiocarbonyl (C=S) groups is 1. The zero-order chi connectivity index (χ0) is 13.9. The highest BCUT2D eigenvalue weighted by atomic mass is 32.1. The molecule has 1 unspecified atom stereocenters. The highest BCUT2D eigenvalue weighted by Gasteiger charge is 2.19. The number of fused-ring (bicyclic) bond motifs is 1. The van der Waals surface area contributed by atoms with Crippen molar-refractivity contribution in [2.75, 3.05) is 5.32 Å². The van der Waals surface area contributed by atoms with E-state index in [1.54, 1.807) is 0 Å². The second-order valence-electron chi connectivity index (χ2n) is 5.23. The van der Waals surface area contributed by atoms with E-state index in [2.05, 4.69) is 29.6 Å². The predicted octanol–water partition coefficient (Wildman–Crippen LogP) is 3.81. The number of anilines is 1. The zero-order valence-electron chi connectivity index (χ0n) is 11.3. The Morgan fingerprint density at radius 2 is 1.85 bits per heavy atom. The molecule has 3 rings (SSSR count). The molecule has 0 amide bonds. The zero-order valence-corrected chi connectivity index (χ0v) is 12.1. The molecular formula is C17H18N2S. The summed E-state index contributed by atoms with van der Waals surface area (Å²) in [5.41, 5.74) is 10.5. The number of nitrogens with two attached hydrogens (primary N) is 1. The van der Waals surface area contributed by atoms with Crippen LogP contribution in [0.2, 0.25) is 0 Å². The van der Waals surface area contributed by atoms with Gasteiger partial charge in [-0.2, -0.15) is 0 Å². The van der Waals surface area contributed by atoms with Crippen molar-refractivity contribution < 1.29 is 0 Å². The van der Waals surface area contributed by atoms with E-state index in [0.717, 1.165) is 11.3 Å². The van der Waals surface area contributed by atoms with Crippen LogP contribution in [0.1, 0.15) is 35.6 Å². The molecule has 0 spiro atoms. The number of nitrogens with one attached hydrogen (secondary N) is 1. The molecule has 1 aliphatic rings. The summed E-state index contributed by atoms with van der Waals surface area (Å²) in [6.45, 7) is 0. The van der Waals surface area contributed by atoms with Gasteiger partial charge in [0, 0.05) is 11.3 Å². The third-order valence-corrected chi connectivity index (χ3v) is 4.12. The van der Waals surface area contributed by atoms with Gasteiger partial charge >= 0.3 is 0 Å². The summed E-state index contributed by atoms with van der Waals surface area (Å²) >= 11 is 4.98. The number of aryl methyl sites for hydroxylation is 1. The maximum Gasteiger partial charge on any atom is 0.103 e. The fraction of sp³-hybridized carbons (Fsp3) is 0.235. The standard InChI is InChI=1S/C17H18N2S/c18-17(20)13-8-10-14(11-9-13)19-16-7-3-5-12-4-1-2-6-15(12)16/h1-2,4,6,8-11,16,19H,3,5,7H2,(H2,18,20). The van der Waals surface area contributed by atoms with Gasteiger partial charge in [0.2, 0.25) is 0 Å². The molecule has 2 aromatic carbocycles. The van der Waals surface area contributed by atoms with Crippen LogP contribution in [0.15, 0.2) is 48.5 Å². The third-order valence-electron chi connectivity index (χ3n) is 3.88. The molecule has 0 aliphatic heterocycles. The van der Waals surface area contributed by atoms with E-state index in [4.69, 9.17) is 18.0 Å². The molecule has 20 heavy (non-hydrogen) atoms. The summed E-state index contributed by atoms with van der Waals surface area (Å²) in [6.07, 6.45) is 3.60. The molecule has 0 saturated carbocycles. The fourth-order valence-corrected chi connectivity index (χ4v) is 2.97. The minimum atomic E-state index is 0.399. The van der Waals surface area contributed by atoms with Crippen LogP contribution in [0.3, 0.4) is 0 Å². The summed E-state index contributed by atoms with van der Waals surface area (Å²) < 4.78 is 0. The normalized spacial score (nSPS) is 17.3. The average Bonchev–Trinajstić information content (AvgIpc) is 2.48. The predicted molar refractivity (Wildman–Crippen MR) is 88.1 cm³/mol. The summed E-state index contributed by atoms with van der Waals surface area (Å²) in [7, 11) is 0. The third kappa shape index (κ3) is 2.68. The van der Waals surface area contributed by atoms with Crippen molar-refractivity contribution in [3.05, 3.63) is 65.2 Å². The van der Waals surface area contributed by atoms with Crippen molar-refractivity contribution >= 4 is 22.9 Å². The molecule has 1 atom stereocenters. The highest BCUT2D eigenvalue weighted by molar-refractivity contribution is 7.80. The van der Waals surface area contributed by atoms with Crippen LogP contribution in [0.4, 0.5) is 5.69 Å². The molecule has 0 radical (unpaired) electrons. The van der Waals surface area contributed by atoms with Crippen molar-refractivity contribution in [1.82, 2.24) is 0 Å². The van der Waals surface area contributed by atoms with Crippen LogP contribution in [0.25, 0.3) is 0 Å². The summed E-state index contributed by atoms with van der Waals surface area (Å²) in [5, 5.41) is 3.62. The lowest BCUT2D eigenvalue weighted by Gasteiger charge is -2.27.